The number of carbonyl (C=O) groups is 1. The van der Waals surface area contributed by atoms with Gasteiger partial charge in [-0.25, -0.2) is 9.97 Å². The summed E-state index contributed by atoms with van der Waals surface area (Å²) in [6.07, 6.45) is 0.802. The zero-order valence-electron chi connectivity index (χ0n) is 12.1. The quantitative estimate of drug-likeness (QED) is 0.789. The fourth-order valence-corrected chi connectivity index (χ4v) is 4.08. The van der Waals surface area contributed by atoms with Gasteiger partial charge in [0, 0.05) is 17.4 Å². The molecule has 4 rings (SSSR count). The van der Waals surface area contributed by atoms with Gasteiger partial charge in [0.05, 0.1) is 23.8 Å². The van der Waals surface area contributed by atoms with E-state index in [4.69, 9.17) is 4.74 Å². The van der Waals surface area contributed by atoms with Crippen molar-refractivity contribution in [2.75, 3.05) is 11.9 Å². The van der Waals surface area contributed by atoms with Crippen LogP contribution in [0.15, 0.2) is 35.7 Å². The summed E-state index contributed by atoms with van der Waals surface area (Å²) in [6, 6.07) is 9.83. The van der Waals surface area contributed by atoms with Gasteiger partial charge in [0.25, 0.3) is 5.91 Å². The predicted molar refractivity (Wildman–Crippen MR) is 91.0 cm³/mol. The van der Waals surface area contributed by atoms with Crippen molar-refractivity contribution < 1.29 is 9.53 Å². The highest BCUT2D eigenvalue weighted by Gasteiger charge is 2.18. The topological polar surface area (TPSA) is 64.1 Å². The van der Waals surface area contributed by atoms with E-state index in [1.165, 1.54) is 22.7 Å². The summed E-state index contributed by atoms with van der Waals surface area (Å²) in [7, 11) is 0. The Bertz CT molecular complexity index is 819. The van der Waals surface area contributed by atoms with Crippen LogP contribution in [0.3, 0.4) is 0 Å². The maximum Gasteiger partial charge on any atom is 0.276 e. The van der Waals surface area contributed by atoms with E-state index in [1.807, 2.05) is 30.3 Å². The van der Waals surface area contributed by atoms with Crippen LogP contribution in [0.4, 0.5) is 5.13 Å². The highest BCUT2D eigenvalue weighted by Crippen LogP contribution is 2.28. The van der Waals surface area contributed by atoms with E-state index in [2.05, 4.69) is 15.3 Å². The van der Waals surface area contributed by atoms with Crippen LogP contribution in [0, 0.1) is 0 Å². The summed E-state index contributed by atoms with van der Waals surface area (Å²) in [5.74, 6) is -0.226. The molecule has 7 heteroatoms. The van der Waals surface area contributed by atoms with Crippen molar-refractivity contribution in [1.29, 1.82) is 0 Å². The van der Waals surface area contributed by atoms with Gasteiger partial charge < -0.3 is 4.74 Å². The van der Waals surface area contributed by atoms with E-state index in [0.717, 1.165) is 27.6 Å². The number of nitrogens with one attached hydrogen (secondary N) is 1. The molecule has 0 unspecified atom stereocenters. The third kappa shape index (κ3) is 3.03. The summed E-state index contributed by atoms with van der Waals surface area (Å²) in [5, 5.41) is 6.06. The summed E-state index contributed by atoms with van der Waals surface area (Å²) in [4.78, 5) is 22.3. The Morgan fingerprint density at radius 2 is 2.09 bits per heavy atom. The standard InChI is InChI=1S/C16H13N3O2S2/c20-14(19-16-18-11-6-7-21-8-13(11)23-16)12-9-22-15(17-12)10-4-2-1-3-5-10/h1-5,9H,6-8H2,(H,18,19,20). The van der Waals surface area contributed by atoms with Gasteiger partial charge in [0.15, 0.2) is 5.13 Å². The molecule has 0 atom stereocenters. The third-order valence-electron chi connectivity index (χ3n) is 3.47. The third-order valence-corrected chi connectivity index (χ3v) is 5.35. The smallest absolute Gasteiger partial charge is 0.276 e. The molecule has 116 valence electrons. The van der Waals surface area contributed by atoms with Crippen LogP contribution in [0.5, 0.6) is 0 Å². The molecule has 5 nitrogen and oxygen atoms in total. The summed E-state index contributed by atoms with van der Waals surface area (Å²) in [5.41, 5.74) is 2.46. The minimum Gasteiger partial charge on any atom is -0.375 e. The molecule has 3 heterocycles. The number of hydrogen-bond acceptors (Lipinski definition) is 6. The first kappa shape index (κ1) is 14.5. The fraction of sp³-hybridized carbons (Fsp3) is 0.188. The monoisotopic (exact) mass is 343 g/mol. The van der Waals surface area contributed by atoms with Crippen molar-refractivity contribution in [3.63, 3.8) is 0 Å². The lowest BCUT2D eigenvalue weighted by Crippen LogP contribution is -2.12. The van der Waals surface area contributed by atoms with E-state index in [0.29, 0.717) is 24.0 Å². The zero-order chi connectivity index (χ0) is 15.6. The summed E-state index contributed by atoms with van der Waals surface area (Å²) < 4.78 is 5.40. The molecule has 0 aliphatic carbocycles. The number of rotatable bonds is 3. The first-order chi connectivity index (χ1) is 11.3. The molecule has 1 aliphatic rings. The number of aromatic nitrogens is 2. The maximum atomic E-state index is 12.3. The number of anilines is 1. The van der Waals surface area contributed by atoms with Crippen molar-refractivity contribution in [2.24, 2.45) is 0 Å². The first-order valence-corrected chi connectivity index (χ1v) is 8.88. The number of benzene rings is 1. The first-order valence-electron chi connectivity index (χ1n) is 7.18. The zero-order valence-corrected chi connectivity index (χ0v) is 13.7. The van der Waals surface area contributed by atoms with Gasteiger partial charge in [-0.3, -0.25) is 10.1 Å². The molecule has 1 amide bonds. The highest BCUT2D eigenvalue weighted by atomic mass is 32.1. The average Bonchev–Trinajstić information content (AvgIpc) is 3.22. The van der Waals surface area contributed by atoms with Crippen LogP contribution in [-0.4, -0.2) is 22.5 Å². The van der Waals surface area contributed by atoms with Gasteiger partial charge >= 0.3 is 0 Å². The normalized spacial score (nSPS) is 13.6. The second-order valence-electron chi connectivity index (χ2n) is 5.05. The lowest BCUT2D eigenvalue weighted by molar-refractivity contribution is 0.102. The molecule has 0 radical (unpaired) electrons. The number of fused-ring (bicyclic) bond motifs is 1. The largest absolute Gasteiger partial charge is 0.375 e. The fourth-order valence-electron chi connectivity index (χ4n) is 2.33. The highest BCUT2D eigenvalue weighted by molar-refractivity contribution is 7.16. The van der Waals surface area contributed by atoms with Gasteiger partial charge in [0.2, 0.25) is 0 Å². The van der Waals surface area contributed by atoms with Crippen LogP contribution >= 0.6 is 22.7 Å². The molecule has 0 fully saturated rings. The van der Waals surface area contributed by atoms with Crippen molar-refractivity contribution in [2.45, 2.75) is 13.0 Å². The van der Waals surface area contributed by atoms with Crippen molar-refractivity contribution >= 4 is 33.7 Å². The molecule has 0 saturated carbocycles. The SMILES string of the molecule is O=C(Nc1nc2c(s1)COCC2)c1csc(-c2ccccc2)n1. The summed E-state index contributed by atoms with van der Waals surface area (Å²) in [6.45, 7) is 1.27. The molecule has 1 aliphatic heterocycles. The van der Waals surface area contributed by atoms with E-state index in [9.17, 15) is 4.79 Å². The van der Waals surface area contributed by atoms with E-state index in [-0.39, 0.29) is 5.91 Å². The number of carbonyl (C=O) groups excluding carboxylic acids is 1. The minimum absolute atomic E-state index is 0.226. The van der Waals surface area contributed by atoms with E-state index < -0.39 is 0 Å². The van der Waals surface area contributed by atoms with Gasteiger partial charge in [-0.1, -0.05) is 41.7 Å². The number of thiazole rings is 2. The number of amides is 1. The van der Waals surface area contributed by atoms with Gasteiger partial charge in [-0.05, 0) is 0 Å². The Hall–Kier alpha value is -2.09. The second kappa shape index (κ2) is 6.19. The molecule has 0 spiro atoms. The van der Waals surface area contributed by atoms with Crippen molar-refractivity contribution in [3.05, 3.63) is 52.0 Å². The second-order valence-corrected chi connectivity index (χ2v) is 6.99. The van der Waals surface area contributed by atoms with Crippen molar-refractivity contribution in [1.82, 2.24) is 9.97 Å². The number of nitrogens with zero attached hydrogens (tertiary/aromatic N) is 2. The van der Waals surface area contributed by atoms with Crippen LogP contribution < -0.4 is 5.32 Å². The molecule has 0 bridgehead atoms. The van der Waals surface area contributed by atoms with Gasteiger partial charge in [0.1, 0.15) is 10.7 Å². The van der Waals surface area contributed by atoms with Crippen LogP contribution in [0.25, 0.3) is 10.6 Å². The Balaban J connectivity index is 1.51. The average molecular weight is 343 g/mol. The number of hydrogen-bond donors (Lipinski definition) is 1. The van der Waals surface area contributed by atoms with E-state index >= 15 is 0 Å². The Morgan fingerprint density at radius 3 is 2.91 bits per heavy atom. The summed E-state index contributed by atoms with van der Waals surface area (Å²) >= 11 is 2.93. The molecule has 1 aromatic carbocycles. The molecule has 23 heavy (non-hydrogen) atoms. The predicted octanol–water partition coefficient (Wildman–Crippen LogP) is 3.59. The van der Waals surface area contributed by atoms with Crippen LogP contribution in [0.1, 0.15) is 21.1 Å². The lowest BCUT2D eigenvalue weighted by Gasteiger charge is -2.08. The minimum atomic E-state index is -0.226. The molecular weight excluding hydrogens is 330 g/mol. The Labute approximate surface area is 141 Å². The van der Waals surface area contributed by atoms with Gasteiger partial charge in [-0.2, -0.15) is 0 Å². The number of ether oxygens (including phenoxy) is 1. The Morgan fingerprint density at radius 1 is 1.22 bits per heavy atom. The molecular formula is C16H13N3O2S2. The van der Waals surface area contributed by atoms with Crippen LogP contribution in [-0.2, 0) is 17.8 Å². The Kier molecular flexibility index (Phi) is 3.90. The van der Waals surface area contributed by atoms with Gasteiger partial charge in [-0.15, -0.1) is 11.3 Å². The molecule has 3 aromatic rings. The van der Waals surface area contributed by atoms with Crippen LogP contribution in [0.2, 0.25) is 0 Å². The molecule has 0 saturated heterocycles. The molecule has 2 aromatic heterocycles. The molecule has 1 N–H and O–H groups in total. The van der Waals surface area contributed by atoms with Crippen molar-refractivity contribution in [3.8, 4) is 10.6 Å². The maximum absolute atomic E-state index is 12.3. The van der Waals surface area contributed by atoms with E-state index in [1.54, 1.807) is 5.38 Å². The lowest BCUT2D eigenvalue weighted by atomic mass is 10.2.